The van der Waals surface area contributed by atoms with Crippen LogP contribution in [0.4, 0.5) is 5.82 Å². The normalized spacial score (nSPS) is 10.6. The van der Waals surface area contributed by atoms with Gasteiger partial charge in [0.2, 0.25) is 0 Å². The first-order chi connectivity index (χ1) is 10.2. The van der Waals surface area contributed by atoms with Crippen LogP contribution in [0.3, 0.4) is 0 Å². The van der Waals surface area contributed by atoms with Gasteiger partial charge >= 0.3 is 0 Å². The molecule has 1 aromatic carbocycles. The van der Waals surface area contributed by atoms with E-state index in [9.17, 15) is 0 Å². The van der Waals surface area contributed by atoms with Gasteiger partial charge < -0.3 is 9.73 Å². The second-order valence-corrected chi connectivity index (χ2v) is 4.87. The Balaban J connectivity index is 1.85. The zero-order chi connectivity index (χ0) is 14.7. The van der Waals surface area contributed by atoms with Crippen LogP contribution in [0, 0.1) is 13.8 Å². The van der Waals surface area contributed by atoms with E-state index in [2.05, 4.69) is 20.5 Å². The summed E-state index contributed by atoms with van der Waals surface area (Å²) in [6, 6.07) is 11.8. The molecule has 0 aliphatic heterocycles. The van der Waals surface area contributed by atoms with Crippen molar-refractivity contribution in [1.29, 1.82) is 0 Å². The minimum absolute atomic E-state index is 0.569. The summed E-state index contributed by atoms with van der Waals surface area (Å²) in [4.78, 5) is 4.56. The number of anilines is 1. The smallest absolute Gasteiger partial charge is 0.183 e. The summed E-state index contributed by atoms with van der Waals surface area (Å²) in [5, 5.41) is 11.6. The Labute approximate surface area is 123 Å². The second-order valence-electron chi connectivity index (χ2n) is 4.87. The van der Waals surface area contributed by atoms with E-state index in [0.717, 1.165) is 22.8 Å². The van der Waals surface area contributed by atoms with Crippen LogP contribution in [-0.2, 0) is 6.54 Å². The van der Waals surface area contributed by atoms with Crippen molar-refractivity contribution in [2.24, 2.45) is 0 Å². The molecule has 3 rings (SSSR count). The Kier molecular flexibility index (Phi) is 3.64. The van der Waals surface area contributed by atoms with Crippen molar-refractivity contribution in [2.75, 3.05) is 5.32 Å². The van der Waals surface area contributed by atoms with Crippen molar-refractivity contribution in [3.63, 3.8) is 0 Å². The molecule has 2 heterocycles. The summed E-state index contributed by atoms with van der Waals surface area (Å²) in [5.41, 5.74) is 2.89. The number of hydrogen-bond donors (Lipinski definition) is 1. The van der Waals surface area contributed by atoms with Crippen molar-refractivity contribution in [2.45, 2.75) is 20.4 Å². The van der Waals surface area contributed by atoms with Gasteiger partial charge in [-0.3, -0.25) is 0 Å². The summed E-state index contributed by atoms with van der Waals surface area (Å²) < 4.78 is 5.30. The number of nitrogens with one attached hydrogen (secondary N) is 1. The van der Waals surface area contributed by atoms with Gasteiger partial charge in [-0.1, -0.05) is 23.8 Å². The topological polar surface area (TPSA) is 63.8 Å². The zero-order valence-electron chi connectivity index (χ0n) is 12.0. The predicted molar refractivity (Wildman–Crippen MR) is 80.8 cm³/mol. The standard InChI is InChI=1S/C16H16N4O/c1-11-5-3-6-13(9-11)16-18-15(12(2)19-20-16)17-10-14-7-4-8-21-14/h3-9H,10H2,1-2H3,(H,17,18,20). The largest absolute Gasteiger partial charge is 0.467 e. The minimum atomic E-state index is 0.569. The highest BCUT2D eigenvalue weighted by Crippen LogP contribution is 2.18. The van der Waals surface area contributed by atoms with Gasteiger partial charge in [0, 0.05) is 5.56 Å². The van der Waals surface area contributed by atoms with Crippen molar-refractivity contribution in [1.82, 2.24) is 15.2 Å². The molecule has 0 bridgehead atoms. The Morgan fingerprint density at radius 2 is 2.00 bits per heavy atom. The third-order valence-electron chi connectivity index (χ3n) is 3.14. The SMILES string of the molecule is Cc1cccc(-c2nnc(C)c(NCc3ccco3)n2)c1. The summed E-state index contributed by atoms with van der Waals surface area (Å²) in [6.07, 6.45) is 1.65. The molecule has 106 valence electrons. The van der Waals surface area contributed by atoms with Crippen molar-refractivity contribution in [3.05, 3.63) is 59.7 Å². The third-order valence-corrected chi connectivity index (χ3v) is 3.14. The Hall–Kier alpha value is -2.69. The van der Waals surface area contributed by atoms with Crippen LogP contribution in [0.25, 0.3) is 11.4 Å². The fourth-order valence-corrected chi connectivity index (χ4v) is 2.04. The Morgan fingerprint density at radius 1 is 1.10 bits per heavy atom. The lowest BCUT2D eigenvalue weighted by atomic mass is 10.1. The molecule has 0 spiro atoms. The van der Waals surface area contributed by atoms with E-state index >= 15 is 0 Å². The first-order valence-corrected chi connectivity index (χ1v) is 6.77. The number of aromatic nitrogens is 3. The van der Waals surface area contributed by atoms with E-state index in [1.807, 2.05) is 50.2 Å². The molecule has 1 N–H and O–H groups in total. The van der Waals surface area contributed by atoms with Crippen LogP contribution >= 0.6 is 0 Å². The van der Waals surface area contributed by atoms with Gasteiger partial charge in [-0.15, -0.1) is 10.2 Å². The van der Waals surface area contributed by atoms with Gasteiger partial charge in [0.05, 0.1) is 12.8 Å². The highest BCUT2D eigenvalue weighted by atomic mass is 16.3. The highest BCUT2D eigenvalue weighted by molar-refractivity contribution is 5.58. The van der Waals surface area contributed by atoms with Crippen molar-refractivity contribution in [3.8, 4) is 11.4 Å². The fourth-order valence-electron chi connectivity index (χ4n) is 2.04. The first-order valence-electron chi connectivity index (χ1n) is 6.77. The van der Waals surface area contributed by atoms with E-state index in [1.54, 1.807) is 6.26 Å². The first kappa shape index (κ1) is 13.3. The van der Waals surface area contributed by atoms with Gasteiger partial charge in [0.15, 0.2) is 11.6 Å². The lowest BCUT2D eigenvalue weighted by Crippen LogP contribution is -2.06. The molecule has 0 saturated carbocycles. The lowest BCUT2D eigenvalue weighted by molar-refractivity contribution is 0.517. The monoisotopic (exact) mass is 280 g/mol. The number of aryl methyl sites for hydroxylation is 2. The van der Waals surface area contributed by atoms with Gasteiger partial charge in [-0.25, -0.2) is 4.98 Å². The number of nitrogens with zero attached hydrogens (tertiary/aromatic N) is 3. The number of benzene rings is 1. The maximum absolute atomic E-state index is 5.30. The summed E-state index contributed by atoms with van der Waals surface area (Å²) in [5.74, 6) is 2.19. The van der Waals surface area contributed by atoms with Gasteiger partial charge in [-0.2, -0.15) is 0 Å². The highest BCUT2D eigenvalue weighted by Gasteiger charge is 2.08. The van der Waals surface area contributed by atoms with Crippen molar-refractivity contribution < 1.29 is 4.42 Å². The number of hydrogen-bond acceptors (Lipinski definition) is 5. The van der Waals surface area contributed by atoms with Crippen LogP contribution in [0.5, 0.6) is 0 Å². The van der Waals surface area contributed by atoms with Crippen molar-refractivity contribution >= 4 is 5.82 Å². The molecule has 5 nitrogen and oxygen atoms in total. The van der Waals surface area contributed by atoms with Gasteiger partial charge in [0.25, 0.3) is 0 Å². The quantitative estimate of drug-likeness (QED) is 0.794. The van der Waals surface area contributed by atoms with E-state index in [0.29, 0.717) is 12.4 Å². The fraction of sp³-hybridized carbons (Fsp3) is 0.188. The number of rotatable bonds is 4. The number of furan rings is 1. The average Bonchev–Trinajstić information content (AvgIpc) is 3.00. The minimum Gasteiger partial charge on any atom is -0.467 e. The molecule has 3 aromatic rings. The van der Waals surface area contributed by atoms with Gasteiger partial charge in [0.1, 0.15) is 11.5 Å². The summed E-state index contributed by atoms with van der Waals surface area (Å²) in [6.45, 7) is 4.49. The molecule has 0 atom stereocenters. The third kappa shape index (κ3) is 3.08. The lowest BCUT2D eigenvalue weighted by Gasteiger charge is -2.08. The molecule has 2 aromatic heterocycles. The molecule has 0 saturated heterocycles. The van der Waals surface area contributed by atoms with E-state index < -0.39 is 0 Å². The molecule has 0 radical (unpaired) electrons. The molecule has 0 amide bonds. The van der Waals surface area contributed by atoms with Crippen LogP contribution < -0.4 is 5.32 Å². The second kappa shape index (κ2) is 5.75. The molecule has 0 fully saturated rings. The Morgan fingerprint density at radius 3 is 2.76 bits per heavy atom. The van der Waals surface area contributed by atoms with Crippen LogP contribution in [0.2, 0.25) is 0 Å². The van der Waals surface area contributed by atoms with Crippen LogP contribution in [-0.4, -0.2) is 15.2 Å². The Bertz CT molecular complexity index is 738. The van der Waals surface area contributed by atoms with Crippen LogP contribution in [0.15, 0.2) is 47.1 Å². The van der Waals surface area contributed by atoms with E-state index in [-0.39, 0.29) is 0 Å². The van der Waals surface area contributed by atoms with E-state index in [1.165, 1.54) is 5.56 Å². The average molecular weight is 280 g/mol. The van der Waals surface area contributed by atoms with Crippen LogP contribution in [0.1, 0.15) is 17.0 Å². The molecule has 0 unspecified atom stereocenters. The maximum Gasteiger partial charge on any atom is 0.183 e. The molecule has 0 aliphatic carbocycles. The molecular formula is C16H16N4O. The van der Waals surface area contributed by atoms with Gasteiger partial charge in [-0.05, 0) is 32.0 Å². The molecular weight excluding hydrogens is 264 g/mol. The summed E-state index contributed by atoms with van der Waals surface area (Å²) >= 11 is 0. The zero-order valence-corrected chi connectivity index (χ0v) is 12.0. The predicted octanol–water partition coefficient (Wildman–Crippen LogP) is 3.36. The van der Waals surface area contributed by atoms with E-state index in [4.69, 9.17) is 4.42 Å². The molecule has 0 aliphatic rings. The summed E-state index contributed by atoms with van der Waals surface area (Å²) in [7, 11) is 0. The maximum atomic E-state index is 5.30. The molecule has 5 heteroatoms. The molecule has 21 heavy (non-hydrogen) atoms.